The Hall–Kier alpha value is -2.74. The van der Waals surface area contributed by atoms with Gasteiger partial charge < -0.3 is 5.73 Å². The lowest BCUT2D eigenvalue weighted by molar-refractivity contribution is 0.510. The Morgan fingerprint density at radius 1 is 1.00 bits per heavy atom. The lowest BCUT2D eigenvalue weighted by atomic mass is 10.2. The molecule has 1 heterocycles. The van der Waals surface area contributed by atoms with Crippen molar-refractivity contribution in [2.75, 3.05) is 0 Å². The molecule has 3 aromatic rings. The third kappa shape index (κ3) is 2.65. The molecule has 0 bridgehead atoms. The van der Waals surface area contributed by atoms with E-state index >= 15 is 0 Å². The van der Waals surface area contributed by atoms with Gasteiger partial charge in [-0.1, -0.05) is 0 Å². The van der Waals surface area contributed by atoms with Crippen molar-refractivity contribution in [1.82, 2.24) is 9.55 Å². The summed E-state index contributed by atoms with van der Waals surface area (Å²) >= 11 is 0. The van der Waals surface area contributed by atoms with Crippen LogP contribution in [-0.2, 0) is 0 Å². The van der Waals surface area contributed by atoms with E-state index in [0.29, 0.717) is 12.1 Å². The van der Waals surface area contributed by atoms with Crippen molar-refractivity contribution in [3.63, 3.8) is 0 Å². The van der Waals surface area contributed by atoms with Gasteiger partial charge in [0.1, 0.15) is 17.5 Å². The molecule has 4 nitrogen and oxygen atoms in total. The molecule has 8 heteroatoms. The van der Waals surface area contributed by atoms with E-state index in [1.165, 1.54) is 6.92 Å². The molecule has 2 N–H and O–H groups in total. The predicted molar refractivity (Wildman–Crippen MR) is 79.8 cm³/mol. The average molecular weight is 337 g/mol. The van der Waals surface area contributed by atoms with Gasteiger partial charge in [-0.05, 0) is 25.1 Å². The Morgan fingerprint density at radius 3 is 2.17 bits per heavy atom. The van der Waals surface area contributed by atoms with Gasteiger partial charge >= 0.3 is 0 Å². The highest BCUT2D eigenvalue weighted by atomic mass is 19.2. The molecule has 124 valence electrons. The van der Waals surface area contributed by atoms with Crippen LogP contribution in [0.5, 0.6) is 0 Å². The van der Waals surface area contributed by atoms with Crippen LogP contribution in [-0.4, -0.2) is 9.55 Å². The minimum Gasteiger partial charge on any atom is -0.322 e. The zero-order chi connectivity index (χ0) is 17.6. The monoisotopic (exact) mass is 337 g/mol. The molecule has 0 amide bonds. The van der Waals surface area contributed by atoms with Gasteiger partial charge in [-0.3, -0.25) is 9.36 Å². The van der Waals surface area contributed by atoms with Gasteiger partial charge in [0.25, 0.3) is 5.56 Å². The van der Waals surface area contributed by atoms with Crippen molar-refractivity contribution in [2.24, 2.45) is 5.73 Å². The molecule has 0 aliphatic heterocycles. The summed E-state index contributed by atoms with van der Waals surface area (Å²) in [6, 6.07) is 3.14. The van der Waals surface area contributed by atoms with Crippen LogP contribution in [0, 0.1) is 23.3 Å². The third-order valence-corrected chi connectivity index (χ3v) is 3.45. The third-order valence-electron chi connectivity index (χ3n) is 3.45. The van der Waals surface area contributed by atoms with Gasteiger partial charge in [-0.2, -0.15) is 0 Å². The summed E-state index contributed by atoms with van der Waals surface area (Å²) in [4.78, 5) is 16.7. The molecule has 1 aromatic heterocycles. The molecule has 0 radical (unpaired) electrons. The number of rotatable bonds is 2. The van der Waals surface area contributed by atoms with Gasteiger partial charge in [-0.25, -0.2) is 22.5 Å². The first-order chi connectivity index (χ1) is 11.3. The molecule has 2 aromatic carbocycles. The van der Waals surface area contributed by atoms with Gasteiger partial charge in [0.2, 0.25) is 0 Å². The maximum atomic E-state index is 13.5. The van der Waals surface area contributed by atoms with Crippen LogP contribution in [0.3, 0.4) is 0 Å². The quantitative estimate of drug-likeness (QED) is 0.732. The van der Waals surface area contributed by atoms with E-state index in [9.17, 15) is 22.4 Å². The first-order valence-corrected chi connectivity index (χ1v) is 6.91. The Labute approximate surface area is 133 Å². The van der Waals surface area contributed by atoms with Crippen LogP contribution in [0.2, 0.25) is 0 Å². The molecule has 0 saturated carbocycles. The smallest absolute Gasteiger partial charge is 0.266 e. The van der Waals surface area contributed by atoms with Crippen LogP contribution < -0.4 is 11.3 Å². The van der Waals surface area contributed by atoms with Gasteiger partial charge in [0.05, 0.1) is 22.6 Å². The minimum absolute atomic E-state index is 0.0384. The summed E-state index contributed by atoms with van der Waals surface area (Å²) in [6.07, 6.45) is 0. The van der Waals surface area contributed by atoms with Crippen LogP contribution in [0.15, 0.2) is 35.1 Å². The largest absolute Gasteiger partial charge is 0.322 e. The molecular weight excluding hydrogens is 326 g/mol. The van der Waals surface area contributed by atoms with Crippen LogP contribution in [0.1, 0.15) is 18.8 Å². The Morgan fingerprint density at radius 2 is 1.58 bits per heavy atom. The summed E-state index contributed by atoms with van der Waals surface area (Å²) < 4.78 is 54.7. The second-order valence-corrected chi connectivity index (χ2v) is 5.31. The van der Waals surface area contributed by atoms with Crippen molar-refractivity contribution in [3.05, 3.63) is 69.8 Å². The molecule has 0 saturated heterocycles. The summed E-state index contributed by atoms with van der Waals surface area (Å²) in [7, 11) is 0. The van der Waals surface area contributed by atoms with Crippen LogP contribution in [0.4, 0.5) is 17.6 Å². The van der Waals surface area contributed by atoms with Gasteiger partial charge in [0.15, 0.2) is 11.6 Å². The lowest BCUT2D eigenvalue weighted by Gasteiger charge is -2.16. The fraction of sp³-hybridized carbons (Fsp3) is 0.125. The van der Waals surface area contributed by atoms with Crippen molar-refractivity contribution in [2.45, 2.75) is 13.0 Å². The molecule has 0 fully saturated rings. The van der Waals surface area contributed by atoms with Crippen molar-refractivity contribution >= 4 is 10.9 Å². The number of nitrogens with two attached hydrogens (primary N) is 1. The highest BCUT2D eigenvalue weighted by Gasteiger charge is 2.18. The summed E-state index contributed by atoms with van der Waals surface area (Å²) in [6.45, 7) is 1.50. The van der Waals surface area contributed by atoms with Crippen molar-refractivity contribution in [3.8, 4) is 5.69 Å². The predicted octanol–water partition coefficient (Wildman–Crippen LogP) is 2.96. The molecule has 0 aliphatic rings. The topological polar surface area (TPSA) is 60.9 Å². The van der Waals surface area contributed by atoms with E-state index in [2.05, 4.69) is 4.98 Å². The Balaban J connectivity index is 2.45. The standard InChI is InChI=1S/C16H11F4N3O/c1-7(21)15-22-14-6-13(20)12(19)5-11(14)16(24)23(15)10-3-8(17)2-9(18)4-10/h2-7H,21H2,1H3/t7-/m0/s1. The summed E-state index contributed by atoms with van der Waals surface area (Å²) in [5.41, 5.74) is 4.72. The van der Waals surface area contributed by atoms with E-state index in [0.717, 1.165) is 22.8 Å². The minimum atomic E-state index is -1.23. The molecule has 0 aliphatic carbocycles. The lowest BCUT2D eigenvalue weighted by Crippen LogP contribution is -2.27. The van der Waals surface area contributed by atoms with Crippen LogP contribution in [0.25, 0.3) is 16.6 Å². The van der Waals surface area contributed by atoms with Gasteiger partial charge in [-0.15, -0.1) is 0 Å². The number of fused-ring (bicyclic) bond motifs is 1. The second-order valence-electron chi connectivity index (χ2n) is 5.31. The number of hydrogen-bond acceptors (Lipinski definition) is 3. The SMILES string of the molecule is C[C@H](N)c1nc2cc(F)c(F)cc2c(=O)n1-c1cc(F)cc(F)c1. The number of benzene rings is 2. The maximum Gasteiger partial charge on any atom is 0.266 e. The van der Waals surface area contributed by atoms with Crippen LogP contribution >= 0.6 is 0 Å². The molecule has 0 spiro atoms. The zero-order valence-corrected chi connectivity index (χ0v) is 12.4. The number of nitrogens with zero attached hydrogens (tertiary/aromatic N) is 2. The summed E-state index contributed by atoms with van der Waals surface area (Å²) in [5, 5.41) is -0.233. The van der Waals surface area contributed by atoms with Crippen molar-refractivity contribution < 1.29 is 17.6 Å². The zero-order valence-electron chi connectivity index (χ0n) is 12.4. The molecule has 1 atom stereocenters. The first kappa shape index (κ1) is 16.1. The number of halogens is 4. The normalized spacial score (nSPS) is 12.6. The van der Waals surface area contributed by atoms with E-state index in [4.69, 9.17) is 5.73 Å². The fourth-order valence-corrected chi connectivity index (χ4v) is 2.42. The number of hydrogen-bond donors (Lipinski definition) is 1. The average Bonchev–Trinajstić information content (AvgIpc) is 2.48. The van der Waals surface area contributed by atoms with E-state index in [1.807, 2.05) is 0 Å². The summed E-state index contributed by atoms with van der Waals surface area (Å²) in [5.74, 6) is -4.24. The Bertz CT molecular complexity index is 994. The molecule has 3 rings (SSSR count). The Kier molecular flexibility index (Phi) is 3.84. The highest BCUT2D eigenvalue weighted by molar-refractivity contribution is 5.78. The van der Waals surface area contributed by atoms with Crippen molar-refractivity contribution in [1.29, 1.82) is 0 Å². The number of aromatic nitrogens is 2. The molecule has 0 unspecified atom stereocenters. The maximum absolute atomic E-state index is 13.5. The van der Waals surface area contributed by atoms with Gasteiger partial charge in [0, 0.05) is 12.1 Å². The highest BCUT2D eigenvalue weighted by Crippen LogP contribution is 2.20. The van der Waals surface area contributed by atoms with E-state index < -0.39 is 34.9 Å². The first-order valence-electron chi connectivity index (χ1n) is 6.91. The second kappa shape index (κ2) is 5.72. The molecule has 24 heavy (non-hydrogen) atoms. The van der Waals surface area contributed by atoms with E-state index in [1.54, 1.807) is 0 Å². The molecular formula is C16H11F4N3O. The van der Waals surface area contributed by atoms with E-state index in [-0.39, 0.29) is 22.4 Å². The fourth-order valence-electron chi connectivity index (χ4n) is 2.42.